The number of aliphatic hydroxyl groups is 1. The van der Waals surface area contributed by atoms with Gasteiger partial charge in [-0.3, -0.25) is 0 Å². The lowest BCUT2D eigenvalue weighted by Crippen LogP contribution is -2.49. The fourth-order valence-corrected chi connectivity index (χ4v) is 1.45. The first-order chi connectivity index (χ1) is 6.93. The van der Waals surface area contributed by atoms with Gasteiger partial charge >= 0.3 is 0 Å². The number of hydrogen-bond donors (Lipinski definition) is 5. The molecule has 2 saturated heterocycles. The summed E-state index contributed by atoms with van der Waals surface area (Å²) in [5.74, 6) is 0. The van der Waals surface area contributed by atoms with Crippen LogP contribution >= 0.6 is 0 Å². The van der Waals surface area contributed by atoms with Crippen LogP contribution in [0, 0.1) is 0 Å². The molecule has 2 aliphatic rings. The fraction of sp³-hybridized carbons (Fsp3) is 1.00. The highest BCUT2D eigenvalue weighted by molar-refractivity contribution is 4.73. The van der Waals surface area contributed by atoms with E-state index in [9.17, 15) is 0 Å². The van der Waals surface area contributed by atoms with E-state index < -0.39 is 0 Å². The van der Waals surface area contributed by atoms with Crippen LogP contribution in [0.1, 0.15) is 0 Å². The van der Waals surface area contributed by atoms with Crippen molar-refractivity contribution < 1.29 is 5.11 Å². The van der Waals surface area contributed by atoms with E-state index in [0.29, 0.717) is 0 Å². The second-order valence-corrected chi connectivity index (χ2v) is 3.54. The molecule has 1 atom stereocenters. The Kier molecular flexibility index (Phi) is 6.90. The largest absolute Gasteiger partial charge is 0.395 e. The standard InChI is InChI=1S/C5H12N2O.C4H10N2/c8-4-5-3-6-1-2-7-5;1-2-6-4-3-5-1/h5-8H,1-4H2;5-6H,1-4H2. The Morgan fingerprint density at radius 3 is 1.71 bits per heavy atom. The van der Waals surface area contributed by atoms with Crippen molar-refractivity contribution in [1.82, 2.24) is 21.3 Å². The Morgan fingerprint density at radius 1 is 0.857 bits per heavy atom. The van der Waals surface area contributed by atoms with Gasteiger partial charge in [0.1, 0.15) is 0 Å². The molecular weight excluding hydrogens is 180 g/mol. The van der Waals surface area contributed by atoms with Crippen molar-refractivity contribution in [3.63, 3.8) is 0 Å². The predicted molar refractivity (Wildman–Crippen MR) is 57.5 cm³/mol. The molecule has 84 valence electrons. The molecule has 5 N–H and O–H groups in total. The number of hydrogen-bond acceptors (Lipinski definition) is 5. The minimum absolute atomic E-state index is 0.243. The molecule has 0 aromatic rings. The van der Waals surface area contributed by atoms with Crippen molar-refractivity contribution in [2.24, 2.45) is 0 Å². The third-order valence-electron chi connectivity index (χ3n) is 2.30. The topological polar surface area (TPSA) is 68.3 Å². The number of nitrogens with one attached hydrogen (secondary N) is 4. The van der Waals surface area contributed by atoms with Crippen LogP contribution in [-0.2, 0) is 0 Å². The van der Waals surface area contributed by atoms with Crippen LogP contribution in [0.2, 0.25) is 0 Å². The zero-order chi connectivity index (χ0) is 10.1. The van der Waals surface area contributed by atoms with Crippen LogP contribution in [0.3, 0.4) is 0 Å². The first-order valence-corrected chi connectivity index (χ1v) is 5.40. The summed E-state index contributed by atoms with van der Waals surface area (Å²) in [6, 6.07) is 0.281. The molecule has 2 heterocycles. The van der Waals surface area contributed by atoms with E-state index in [0.717, 1.165) is 45.8 Å². The summed E-state index contributed by atoms with van der Waals surface area (Å²) in [6.07, 6.45) is 0. The average molecular weight is 202 g/mol. The van der Waals surface area contributed by atoms with E-state index in [1.165, 1.54) is 0 Å². The Balaban J connectivity index is 0.000000146. The Hall–Kier alpha value is -0.200. The van der Waals surface area contributed by atoms with E-state index in [1.807, 2.05) is 0 Å². The molecule has 0 aliphatic carbocycles. The molecule has 0 aromatic carbocycles. The third-order valence-corrected chi connectivity index (χ3v) is 2.30. The molecule has 2 fully saturated rings. The van der Waals surface area contributed by atoms with Crippen molar-refractivity contribution in [1.29, 1.82) is 0 Å². The van der Waals surface area contributed by atoms with Crippen molar-refractivity contribution in [2.45, 2.75) is 6.04 Å². The SMILES string of the molecule is C1CNCCN1.OCC1CNCCN1. The van der Waals surface area contributed by atoms with Gasteiger partial charge in [0.2, 0.25) is 0 Å². The molecule has 14 heavy (non-hydrogen) atoms. The van der Waals surface area contributed by atoms with Crippen LogP contribution in [0.4, 0.5) is 0 Å². The van der Waals surface area contributed by atoms with Crippen LogP contribution in [-0.4, -0.2) is 63.6 Å². The quantitative estimate of drug-likeness (QED) is 0.331. The smallest absolute Gasteiger partial charge is 0.0597 e. The lowest BCUT2D eigenvalue weighted by molar-refractivity contribution is 0.227. The van der Waals surface area contributed by atoms with Gasteiger partial charge in [-0.2, -0.15) is 0 Å². The normalized spacial score (nSPS) is 27.6. The van der Waals surface area contributed by atoms with Crippen molar-refractivity contribution >= 4 is 0 Å². The van der Waals surface area contributed by atoms with E-state index in [2.05, 4.69) is 21.3 Å². The van der Waals surface area contributed by atoms with Crippen molar-refractivity contribution in [3.8, 4) is 0 Å². The summed E-state index contributed by atoms with van der Waals surface area (Å²) in [5.41, 5.74) is 0. The lowest BCUT2D eigenvalue weighted by Gasteiger charge is -2.21. The Morgan fingerprint density at radius 2 is 1.43 bits per heavy atom. The summed E-state index contributed by atoms with van der Waals surface area (Å²) >= 11 is 0. The predicted octanol–water partition coefficient (Wildman–Crippen LogP) is -2.28. The highest BCUT2D eigenvalue weighted by Crippen LogP contribution is 1.82. The van der Waals surface area contributed by atoms with Crippen molar-refractivity contribution in [2.75, 3.05) is 52.4 Å². The number of piperazine rings is 2. The van der Waals surface area contributed by atoms with Crippen LogP contribution < -0.4 is 21.3 Å². The summed E-state index contributed by atoms with van der Waals surface area (Å²) in [7, 11) is 0. The van der Waals surface area contributed by atoms with Gasteiger partial charge in [-0.1, -0.05) is 0 Å². The second kappa shape index (κ2) is 8.14. The number of rotatable bonds is 1. The highest BCUT2D eigenvalue weighted by atomic mass is 16.3. The molecule has 1 unspecified atom stereocenters. The zero-order valence-corrected chi connectivity index (χ0v) is 8.68. The summed E-state index contributed by atoms with van der Waals surface area (Å²) in [4.78, 5) is 0. The highest BCUT2D eigenvalue weighted by Gasteiger charge is 2.08. The average Bonchev–Trinajstić information content (AvgIpc) is 2.33. The second-order valence-electron chi connectivity index (χ2n) is 3.54. The van der Waals surface area contributed by atoms with Gasteiger partial charge in [0, 0.05) is 51.9 Å². The van der Waals surface area contributed by atoms with Crippen LogP contribution in [0.25, 0.3) is 0 Å². The van der Waals surface area contributed by atoms with Gasteiger partial charge < -0.3 is 26.4 Å². The molecule has 0 aromatic heterocycles. The Labute approximate surface area is 85.6 Å². The molecule has 5 heteroatoms. The molecule has 0 bridgehead atoms. The summed E-state index contributed by atoms with van der Waals surface area (Å²) in [6.45, 7) is 7.70. The Bertz CT molecular complexity index is 112. The first-order valence-electron chi connectivity index (χ1n) is 5.40. The maximum atomic E-state index is 8.59. The molecule has 2 rings (SSSR count). The zero-order valence-electron chi connectivity index (χ0n) is 8.68. The van der Waals surface area contributed by atoms with Gasteiger partial charge in [0.15, 0.2) is 0 Å². The molecule has 5 nitrogen and oxygen atoms in total. The number of aliphatic hydroxyl groups excluding tert-OH is 1. The van der Waals surface area contributed by atoms with E-state index in [4.69, 9.17) is 5.11 Å². The minimum atomic E-state index is 0.243. The molecular formula is C9H22N4O. The van der Waals surface area contributed by atoms with E-state index in [1.54, 1.807) is 0 Å². The van der Waals surface area contributed by atoms with Gasteiger partial charge in [0.25, 0.3) is 0 Å². The maximum absolute atomic E-state index is 8.59. The fourth-order valence-electron chi connectivity index (χ4n) is 1.45. The van der Waals surface area contributed by atoms with E-state index in [-0.39, 0.29) is 12.6 Å². The first kappa shape index (κ1) is 11.9. The van der Waals surface area contributed by atoms with Gasteiger partial charge in [-0.05, 0) is 0 Å². The minimum Gasteiger partial charge on any atom is -0.395 e. The van der Waals surface area contributed by atoms with E-state index >= 15 is 0 Å². The molecule has 0 amide bonds. The monoisotopic (exact) mass is 202 g/mol. The van der Waals surface area contributed by atoms with Gasteiger partial charge in [-0.15, -0.1) is 0 Å². The molecule has 0 spiro atoms. The van der Waals surface area contributed by atoms with Crippen LogP contribution in [0.5, 0.6) is 0 Å². The summed E-state index contributed by atoms with van der Waals surface area (Å²) < 4.78 is 0. The van der Waals surface area contributed by atoms with Gasteiger partial charge in [0.05, 0.1) is 6.61 Å². The third kappa shape index (κ3) is 5.51. The lowest BCUT2D eigenvalue weighted by atomic mass is 10.2. The maximum Gasteiger partial charge on any atom is 0.0597 e. The van der Waals surface area contributed by atoms with Gasteiger partial charge in [-0.25, -0.2) is 0 Å². The molecule has 0 saturated carbocycles. The van der Waals surface area contributed by atoms with Crippen LogP contribution in [0.15, 0.2) is 0 Å². The summed E-state index contributed by atoms with van der Waals surface area (Å²) in [5, 5.41) is 21.4. The molecule has 2 aliphatic heterocycles. The van der Waals surface area contributed by atoms with Crippen molar-refractivity contribution in [3.05, 3.63) is 0 Å². The molecule has 0 radical (unpaired) electrons.